The van der Waals surface area contributed by atoms with Crippen LogP contribution in [0.25, 0.3) is 11.0 Å². The molecule has 2 aliphatic rings. The topological polar surface area (TPSA) is 81.5 Å². The third-order valence-electron chi connectivity index (χ3n) is 6.46. The second-order valence-electron chi connectivity index (χ2n) is 8.70. The van der Waals surface area contributed by atoms with Gasteiger partial charge in [0.05, 0.1) is 27.9 Å². The van der Waals surface area contributed by atoms with E-state index in [-0.39, 0.29) is 5.56 Å². The Morgan fingerprint density at radius 1 is 1.18 bits per heavy atom. The molecule has 0 saturated carbocycles. The van der Waals surface area contributed by atoms with E-state index in [9.17, 15) is 4.79 Å². The summed E-state index contributed by atoms with van der Waals surface area (Å²) in [5, 5.41) is 4.16. The molecule has 1 N–H and O–H groups in total. The van der Waals surface area contributed by atoms with Crippen LogP contribution in [0.4, 0.5) is 0 Å². The Hall–Kier alpha value is -2.68. The molecule has 0 aromatic carbocycles. The number of pyridine rings is 3. The first kappa shape index (κ1) is 22.1. The van der Waals surface area contributed by atoms with Gasteiger partial charge in [-0.3, -0.25) is 14.8 Å². The Kier molecular flexibility index (Phi) is 6.48. The van der Waals surface area contributed by atoms with E-state index in [0.29, 0.717) is 30.7 Å². The lowest BCUT2D eigenvalue weighted by Crippen LogP contribution is -2.28. The number of nitrogens with zero attached hydrogens (tertiary/aromatic N) is 4. The predicted molar refractivity (Wildman–Crippen MR) is 127 cm³/mol. The molecule has 174 valence electrons. The lowest BCUT2D eigenvalue weighted by molar-refractivity contribution is 0.170. The molecule has 0 bridgehead atoms. The number of aryl methyl sites for hydroxylation is 1. The summed E-state index contributed by atoms with van der Waals surface area (Å²) in [6.45, 7) is 5.82. The van der Waals surface area contributed by atoms with E-state index in [1.54, 1.807) is 36.1 Å². The molecule has 5 rings (SSSR count). The van der Waals surface area contributed by atoms with Crippen molar-refractivity contribution in [1.29, 1.82) is 0 Å². The predicted octanol–water partition coefficient (Wildman–Crippen LogP) is 2.41. The highest BCUT2D eigenvalue weighted by Crippen LogP contribution is 2.29. The molecule has 0 unspecified atom stereocenters. The van der Waals surface area contributed by atoms with Crippen molar-refractivity contribution in [3.8, 4) is 11.5 Å². The van der Waals surface area contributed by atoms with Crippen molar-refractivity contribution in [2.45, 2.75) is 19.4 Å². The van der Waals surface area contributed by atoms with Crippen LogP contribution in [0.1, 0.15) is 17.7 Å². The molecule has 0 aliphatic carbocycles. The summed E-state index contributed by atoms with van der Waals surface area (Å²) in [5.41, 5.74) is 3.53. The number of hydrogen-bond acceptors (Lipinski definition) is 7. The van der Waals surface area contributed by atoms with Gasteiger partial charge in [-0.1, -0.05) is 11.6 Å². The second kappa shape index (κ2) is 9.67. The van der Waals surface area contributed by atoms with Crippen molar-refractivity contribution in [3.63, 3.8) is 0 Å². The van der Waals surface area contributed by atoms with Crippen LogP contribution in [-0.2, 0) is 20.0 Å². The summed E-state index contributed by atoms with van der Waals surface area (Å²) in [6.07, 6.45) is 5.38. The normalized spacial score (nSPS) is 18.2. The van der Waals surface area contributed by atoms with E-state index in [4.69, 9.17) is 21.1 Å². The summed E-state index contributed by atoms with van der Waals surface area (Å²) in [5.74, 6) is 2.09. The van der Waals surface area contributed by atoms with Gasteiger partial charge in [0.15, 0.2) is 11.5 Å². The van der Waals surface area contributed by atoms with Gasteiger partial charge >= 0.3 is 0 Å². The van der Waals surface area contributed by atoms with Crippen molar-refractivity contribution in [2.24, 2.45) is 13.0 Å². The van der Waals surface area contributed by atoms with E-state index in [2.05, 4.69) is 20.2 Å². The van der Waals surface area contributed by atoms with Crippen molar-refractivity contribution >= 4 is 22.6 Å². The Balaban J connectivity index is 1.14. The first-order valence-corrected chi connectivity index (χ1v) is 11.8. The van der Waals surface area contributed by atoms with Gasteiger partial charge in [0, 0.05) is 45.0 Å². The quantitative estimate of drug-likeness (QED) is 0.569. The van der Waals surface area contributed by atoms with E-state index >= 15 is 0 Å². The molecule has 2 aliphatic heterocycles. The van der Waals surface area contributed by atoms with Crippen LogP contribution < -0.4 is 20.3 Å². The Morgan fingerprint density at radius 2 is 2.03 bits per heavy atom. The Morgan fingerprint density at radius 3 is 2.91 bits per heavy atom. The lowest BCUT2D eigenvalue weighted by atomic mass is 10.1. The van der Waals surface area contributed by atoms with Gasteiger partial charge in [-0.15, -0.1) is 0 Å². The third kappa shape index (κ3) is 4.83. The summed E-state index contributed by atoms with van der Waals surface area (Å²) >= 11 is 6.48. The molecule has 33 heavy (non-hydrogen) atoms. The molecule has 1 saturated heterocycles. The highest BCUT2D eigenvalue weighted by molar-refractivity contribution is 6.32. The van der Waals surface area contributed by atoms with E-state index < -0.39 is 0 Å². The summed E-state index contributed by atoms with van der Waals surface area (Å²) in [6, 6.07) is 5.27. The highest BCUT2D eigenvalue weighted by atomic mass is 35.5. The minimum Gasteiger partial charge on any atom is -0.486 e. The number of likely N-dealkylation sites (tertiary alicyclic amines) is 1. The first-order chi connectivity index (χ1) is 16.1. The van der Waals surface area contributed by atoms with Crippen molar-refractivity contribution in [1.82, 2.24) is 24.8 Å². The molecule has 8 nitrogen and oxygen atoms in total. The standard InChI is InChI=1S/C24H28ClN5O3/c1-29-23(31)3-2-20-24(29)18(19(25)13-28-20)5-7-30-6-4-16(15-30)11-26-12-17-10-21-22(14-27-17)33-9-8-32-21/h2-3,10,13-14,16,26H,4-9,11-12,15H2,1H3/t16-/m1/s1. The van der Waals surface area contributed by atoms with Gasteiger partial charge in [-0.05, 0) is 43.5 Å². The smallest absolute Gasteiger partial charge is 0.250 e. The van der Waals surface area contributed by atoms with Crippen molar-refractivity contribution in [2.75, 3.05) is 39.4 Å². The fourth-order valence-electron chi connectivity index (χ4n) is 4.68. The summed E-state index contributed by atoms with van der Waals surface area (Å²) < 4.78 is 12.8. The zero-order chi connectivity index (χ0) is 22.8. The van der Waals surface area contributed by atoms with Gasteiger partial charge < -0.3 is 24.3 Å². The minimum atomic E-state index is -0.0485. The molecule has 1 atom stereocenters. The number of rotatable bonds is 7. The van der Waals surface area contributed by atoms with Crippen LogP contribution >= 0.6 is 11.6 Å². The van der Waals surface area contributed by atoms with E-state index in [1.165, 1.54) is 0 Å². The van der Waals surface area contributed by atoms with Crippen LogP contribution in [-0.4, -0.2) is 58.8 Å². The molecule has 0 radical (unpaired) electrons. The average molecular weight is 470 g/mol. The van der Waals surface area contributed by atoms with Crippen LogP contribution in [0, 0.1) is 5.92 Å². The van der Waals surface area contributed by atoms with Crippen molar-refractivity contribution in [3.05, 3.63) is 57.2 Å². The number of ether oxygens (including phenoxy) is 2. The number of aromatic nitrogens is 3. The largest absolute Gasteiger partial charge is 0.486 e. The first-order valence-electron chi connectivity index (χ1n) is 11.4. The minimum absolute atomic E-state index is 0.0485. The van der Waals surface area contributed by atoms with Crippen molar-refractivity contribution < 1.29 is 9.47 Å². The Bertz CT molecular complexity index is 1210. The lowest BCUT2D eigenvalue weighted by Gasteiger charge is -2.19. The fraction of sp³-hybridized carbons (Fsp3) is 0.458. The fourth-order valence-corrected chi connectivity index (χ4v) is 4.91. The molecule has 0 spiro atoms. The molecule has 1 fully saturated rings. The van der Waals surface area contributed by atoms with Crippen LogP contribution in [0.3, 0.4) is 0 Å². The van der Waals surface area contributed by atoms with E-state index in [0.717, 1.165) is 72.8 Å². The van der Waals surface area contributed by atoms with Gasteiger partial charge in [0.25, 0.3) is 5.56 Å². The average Bonchev–Trinajstić information content (AvgIpc) is 3.28. The molecule has 5 heterocycles. The number of hydrogen-bond donors (Lipinski definition) is 1. The number of nitrogens with one attached hydrogen (secondary N) is 1. The van der Waals surface area contributed by atoms with Crippen LogP contribution in [0.5, 0.6) is 11.5 Å². The van der Waals surface area contributed by atoms with Gasteiger partial charge in [0.2, 0.25) is 0 Å². The maximum Gasteiger partial charge on any atom is 0.250 e. The SMILES string of the molecule is Cn1c(=O)ccc2ncc(Cl)c(CCN3CC[C@H](CNCc4cc5c(cn4)OCCO5)C3)c21. The second-order valence-corrected chi connectivity index (χ2v) is 9.11. The zero-order valence-electron chi connectivity index (χ0n) is 18.7. The monoisotopic (exact) mass is 469 g/mol. The summed E-state index contributed by atoms with van der Waals surface area (Å²) in [4.78, 5) is 23.4. The molecular formula is C24H28ClN5O3. The third-order valence-corrected chi connectivity index (χ3v) is 6.78. The highest BCUT2D eigenvalue weighted by Gasteiger charge is 2.23. The van der Waals surface area contributed by atoms with E-state index in [1.807, 2.05) is 6.07 Å². The van der Waals surface area contributed by atoms with Crippen LogP contribution in [0.15, 0.2) is 35.4 Å². The Labute approximate surface area is 197 Å². The van der Waals surface area contributed by atoms with Gasteiger partial charge in [-0.25, -0.2) is 0 Å². The number of halogens is 1. The van der Waals surface area contributed by atoms with Gasteiger partial charge in [0.1, 0.15) is 13.2 Å². The molecule has 9 heteroatoms. The molecule has 3 aromatic heterocycles. The number of fused-ring (bicyclic) bond motifs is 2. The zero-order valence-corrected chi connectivity index (χ0v) is 19.5. The maximum atomic E-state index is 12.1. The van der Waals surface area contributed by atoms with Crippen LogP contribution in [0.2, 0.25) is 5.02 Å². The molecule has 0 amide bonds. The maximum absolute atomic E-state index is 12.1. The van der Waals surface area contributed by atoms with Gasteiger partial charge in [-0.2, -0.15) is 0 Å². The molecular weight excluding hydrogens is 442 g/mol. The molecule has 3 aromatic rings. The summed E-state index contributed by atoms with van der Waals surface area (Å²) in [7, 11) is 1.78.